The number of sulfonamides is 1. The highest BCUT2D eigenvalue weighted by molar-refractivity contribution is 9.10. The molecule has 2 heterocycles. The molecule has 0 N–H and O–H groups in total. The number of carbonyl (C=O) groups excluding carboxylic acids is 1. The summed E-state index contributed by atoms with van der Waals surface area (Å²) in [6.07, 6.45) is 2.88. The minimum absolute atomic E-state index is 0.0372. The van der Waals surface area contributed by atoms with E-state index in [4.69, 9.17) is 0 Å². The number of benzene rings is 2. The van der Waals surface area contributed by atoms with Gasteiger partial charge in [0.1, 0.15) is 0 Å². The third-order valence-electron chi connectivity index (χ3n) is 5.61. The summed E-state index contributed by atoms with van der Waals surface area (Å²) < 4.78 is 29.2. The number of fused-ring (bicyclic) bond motifs is 1. The third-order valence-corrected chi connectivity index (χ3v) is 8.06. The summed E-state index contributed by atoms with van der Waals surface area (Å²) in [7, 11) is -3.70. The molecule has 0 unspecified atom stereocenters. The number of halogens is 1. The second-order valence-corrected chi connectivity index (χ2v) is 10.1. The highest BCUT2D eigenvalue weighted by Crippen LogP contribution is 2.37. The van der Waals surface area contributed by atoms with Crippen molar-refractivity contribution in [3.05, 3.63) is 64.1 Å². The number of likely N-dealkylation sites (tertiary alicyclic amines) is 1. The Labute approximate surface area is 174 Å². The molecule has 0 aliphatic carbocycles. The largest absolute Gasteiger partial charge is 0.343 e. The lowest BCUT2D eigenvalue weighted by atomic mass is 9.92. The van der Waals surface area contributed by atoms with E-state index in [1.165, 1.54) is 4.31 Å². The number of hydrogen-bond donors (Lipinski definition) is 0. The molecule has 0 bridgehead atoms. The lowest BCUT2D eigenvalue weighted by Crippen LogP contribution is -2.42. The molecule has 1 saturated heterocycles. The van der Waals surface area contributed by atoms with Crippen LogP contribution in [-0.4, -0.2) is 43.2 Å². The first-order valence-corrected chi connectivity index (χ1v) is 11.8. The molecule has 2 aliphatic heterocycles. The van der Waals surface area contributed by atoms with Crippen LogP contribution in [0, 0.1) is 0 Å². The van der Waals surface area contributed by atoms with Crippen LogP contribution in [0.1, 0.15) is 36.4 Å². The zero-order chi connectivity index (χ0) is 19.7. The molecule has 2 aromatic rings. The van der Waals surface area contributed by atoms with E-state index in [1.807, 2.05) is 29.2 Å². The van der Waals surface area contributed by atoms with Crippen LogP contribution >= 0.6 is 15.9 Å². The lowest BCUT2D eigenvalue weighted by Gasteiger charge is -2.36. The Kier molecular flexibility index (Phi) is 5.58. The van der Waals surface area contributed by atoms with Gasteiger partial charge in [-0.1, -0.05) is 40.2 Å². The van der Waals surface area contributed by atoms with Gasteiger partial charge in [0.25, 0.3) is 0 Å². The van der Waals surface area contributed by atoms with Crippen molar-refractivity contribution >= 4 is 31.9 Å². The monoisotopic (exact) mass is 462 g/mol. The molecule has 2 aliphatic rings. The van der Waals surface area contributed by atoms with E-state index in [1.54, 1.807) is 24.3 Å². The fourth-order valence-corrected chi connectivity index (χ4v) is 6.00. The van der Waals surface area contributed by atoms with Gasteiger partial charge < -0.3 is 4.90 Å². The van der Waals surface area contributed by atoms with E-state index in [-0.39, 0.29) is 17.2 Å². The summed E-state index contributed by atoms with van der Waals surface area (Å²) in [5, 5.41) is 0. The fraction of sp³-hybridized carbons (Fsp3) is 0.381. The summed E-state index contributed by atoms with van der Waals surface area (Å²) in [4.78, 5) is 15.0. The molecule has 1 amide bonds. The van der Waals surface area contributed by atoms with E-state index in [0.29, 0.717) is 13.0 Å². The molecule has 1 atom stereocenters. The summed E-state index contributed by atoms with van der Waals surface area (Å²) in [5.74, 6) is 0.0372. The first kappa shape index (κ1) is 19.6. The van der Waals surface area contributed by atoms with Crippen molar-refractivity contribution in [3.63, 3.8) is 0 Å². The Hall–Kier alpha value is -1.70. The Morgan fingerprint density at radius 1 is 1.00 bits per heavy atom. The summed E-state index contributed by atoms with van der Waals surface area (Å²) >= 11 is 3.35. The molecule has 4 rings (SSSR count). The number of hydrogen-bond acceptors (Lipinski definition) is 3. The molecule has 148 valence electrons. The van der Waals surface area contributed by atoms with Gasteiger partial charge in [0.05, 0.1) is 10.9 Å². The SMILES string of the molecule is O=C(C[C@@H]1c2ccccc2CCN1S(=O)(=O)c1ccc(Br)cc1)N1CCCC1. The van der Waals surface area contributed by atoms with Crippen molar-refractivity contribution in [1.29, 1.82) is 0 Å². The average molecular weight is 463 g/mol. The minimum atomic E-state index is -3.70. The van der Waals surface area contributed by atoms with Crippen molar-refractivity contribution < 1.29 is 13.2 Å². The molecule has 2 aromatic carbocycles. The number of carbonyl (C=O) groups is 1. The molecule has 7 heteroatoms. The Morgan fingerprint density at radius 3 is 2.39 bits per heavy atom. The predicted molar refractivity (Wildman–Crippen MR) is 111 cm³/mol. The van der Waals surface area contributed by atoms with Crippen molar-refractivity contribution in [1.82, 2.24) is 9.21 Å². The summed E-state index contributed by atoms with van der Waals surface area (Å²) in [6.45, 7) is 1.92. The maximum atomic E-state index is 13.4. The second kappa shape index (κ2) is 7.97. The Bertz CT molecular complexity index is 969. The molecule has 0 saturated carbocycles. The van der Waals surface area contributed by atoms with Gasteiger partial charge in [-0.05, 0) is 54.7 Å². The van der Waals surface area contributed by atoms with Gasteiger partial charge in [0.2, 0.25) is 15.9 Å². The van der Waals surface area contributed by atoms with Crippen LogP contribution in [0.2, 0.25) is 0 Å². The van der Waals surface area contributed by atoms with Gasteiger partial charge in [-0.15, -0.1) is 0 Å². The van der Waals surface area contributed by atoms with E-state index in [2.05, 4.69) is 15.9 Å². The van der Waals surface area contributed by atoms with Crippen molar-refractivity contribution in [2.75, 3.05) is 19.6 Å². The third kappa shape index (κ3) is 3.75. The van der Waals surface area contributed by atoms with Crippen LogP contribution < -0.4 is 0 Å². The highest BCUT2D eigenvalue weighted by atomic mass is 79.9. The molecule has 5 nitrogen and oxygen atoms in total. The quantitative estimate of drug-likeness (QED) is 0.694. The zero-order valence-corrected chi connectivity index (χ0v) is 18.0. The van der Waals surface area contributed by atoms with Gasteiger partial charge in [0.15, 0.2) is 0 Å². The molecular formula is C21H23BrN2O3S. The maximum absolute atomic E-state index is 13.4. The fourth-order valence-electron chi connectivity index (χ4n) is 4.13. The van der Waals surface area contributed by atoms with Crippen molar-refractivity contribution in [2.24, 2.45) is 0 Å². The maximum Gasteiger partial charge on any atom is 0.243 e. The highest BCUT2D eigenvalue weighted by Gasteiger charge is 2.38. The van der Waals surface area contributed by atoms with Gasteiger partial charge in [-0.2, -0.15) is 4.31 Å². The van der Waals surface area contributed by atoms with Crippen LogP contribution in [0.3, 0.4) is 0 Å². The Morgan fingerprint density at radius 2 is 1.68 bits per heavy atom. The van der Waals surface area contributed by atoms with Crippen LogP contribution in [-0.2, 0) is 21.2 Å². The minimum Gasteiger partial charge on any atom is -0.343 e. The van der Waals surface area contributed by atoms with Crippen LogP contribution in [0.15, 0.2) is 57.9 Å². The number of rotatable bonds is 4. The first-order chi connectivity index (χ1) is 13.5. The van der Waals surface area contributed by atoms with E-state index < -0.39 is 16.1 Å². The van der Waals surface area contributed by atoms with Crippen molar-refractivity contribution in [2.45, 2.75) is 36.6 Å². The van der Waals surface area contributed by atoms with Crippen LogP contribution in [0.25, 0.3) is 0 Å². The molecular weight excluding hydrogens is 440 g/mol. The molecule has 0 spiro atoms. The number of nitrogens with zero attached hydrogens (tertiary/aromatic N) is 2. The van der Waals surface area contributed by atoms with E-state index in [9.17, 15) is 13.2 Å². The number of amides is 1. The normalized spacial score (nSPS) is 20.2. The van der Waals surface area contributed by atoms with Gasteiger partial charge in [0, 0.05) is 30.5 Å². The molecule has 0 aromatic heterocycles. The zero-order valence-electron chi connectivity index (χ0n) is 15.6. The van der Waals surface area contributed by atoms with Gasteiger partial charge in [-0.3, -0.25) is 4.79 Å². The molecule has 1 fully saturated rings. The first-order valence-electron chi connectivity index (χ1n) is 9.60. The lowest BCUT2D eigenvalue weighted by molar-refractivity contribution is -0.131. The molecule has 28 heavy (non-hydrogen) atoms. The van der Waals surface area contributed by atoms with E-state index in [0.717, 1.165) is 41.5 Å². The van der Waals surface area contributed by atoms with Crippen LogP contribution in [0.4, 0.5) is 0 Å². The van der Waals surface area contributed by atoms with Gasteiger partial charge >= 0.3 is 0 Å². The predicted octanol–water partition coefficient (Wildman–Crippen LogP) is 3.75. The van der Waals surface area contributed by atoms with E-state index >= 15 is 0 Å². The van der Waals surface area contributed by atoms with Crippen LogP contribution in [0.5, 0.6) is 0 Å². The standard InChI is InChI=1S/C21H23BrN2O3S/c22-17-7-9-18(10-8-17)28(26,27)24-14-11-16-5-1-2-6-19(16)20(24)15-21(25)23-12-3-4-13-23/h1-2,5-10,20H,3-4,11-15H2/t20-/m1/s1. The average Bonchev–Trinajstić information content (AvgIpc) is 3.23. The summed E-state index contributed by atoms with van der Waals surface area (Å²) in [6, 6.07) is 14.1. The Balaban J connectivity index is 1.70. The van der Waals surface area contributed by atoms with Gasteiger partial charge in [-0.25, -0.2) is 8.42 Å². The smallest absolute Gasteiger partial charge is 0.243 e. The topological polar surface area (TPSA) is 57.7 Å². The van der Waals surface area contributed by atoms with Crippen molar-refractivity contribution in [3.8, 4) is 0 Å². The molecule has 0 radical (unpaired) electrons. The summed E-state index contributed by atoms with van der Waals surface area (Å²) in [5.41, 5.74) is 2.07. The second-order valence-electron chi connectivity index (χ2n) is 7.33.